The summed E-state index contributed by atoms with van der Waals surface area (Å²) in [4.78, 5) is 0. The van der Waals surface area contributed by atoms with E-state index in [9.17, 15) is 0 Å². The summed E-state index contributed by atoms with van der Waals surface area (Å²) in [5.74, 6) is 1.32. The summed E-state index contributed by atoms with van der Waals surface area (Å²) in [5.41, 5.74) is 2.45. The van der Waals surface area contributed by atoms with Gasteiger partial charge in [0.1, 0.15) is 0 Å². The third kappa shape index (κ3) is 6.40. The van der Waals surface area contributed by atoms with Gasteiger partial charge in [-0.1, -0.05) is 69.8 Å². The Morgan fingerprint density at radius 1 is 1.16 bits per heavy atom. The van der Waals surface area contributed by atoms with Gasteiger partial charge in [-0.15, -0.1) is 0 Å². The second kappa shape index (κ2) is 8.71. The highest BCUT2D eigenvalue weighted by Crippen LogP contribution is 2.14. The number of benzene rings is 1. The number of hydrogen-bond donors (Lipinski definition) is 1. The first kappa shape index (κ1) is 15.7. The molecule has 0 saturated carbocycles. The summed E-state index contributed by atoms with van der Waals surface area (Å²) in [6, 6.07) is 8.36. The molecule has 0 fully saturated rings. The molecule has 0 aliphatic rings. The van der Waals surface area contributed by atoms with Crippen molar-refractivity contribution in [2.45, 2.75) is 27.2 Å². The van der Waals surface area contributed by atoms with E-state index in [-0.39, 0.29) is 0 Å². The van der Waals surface area contributed by atoms with E-state index in [1.807, 2.05) is 12.1 Å². The van der Waals surface area contributed by atoms with Gasteiger partial charge in [0.05, 0.1) is 0 Å². The van der Waals surface area contributed by atoms with Crippen molar-refractivity contribution in [2.75, 3.05) is 13.1 Å². The molecule has 1 atom stereocenters. The van der Waals surface area contributed by atoms with Crippen LogP contribution in [0.15, 0.2) is 36.9 Å². The van der Waals surface area contributed by atoms with Crippen molar-refractivity contribution in [3.8, 4) is 0 Å². The standard InChI is InChI=1S/C18H27N/c1-5-17-8-6-7-9-18(17)11-10-16(4)12-13-19-14-15(2)3/h5-11,15-16,19H,1,12-14H2,2-4H3/b11-10-. The van der Waals surface area contributed by atoms with E-state index in [0.717, 1.165) is 19.0 Å². The van der Waals surface area contributed by atoms with Crippen molar-refractivity contribution >= 4 is 12.2 Å². The maximum Gasteiger partial charge on any atom is -0.00258 e. The van der Waals surface area contributed by atoms with Crippen LogP contribution in [0.5, 0.6) is 0 Å². The molecule has 0 bridgehead atoms. The zero-order valence-corrected chi connectivity index (χ0v) is 12.5. The third-order valence-electron chi connectivity index (χ3n) is 3.15. The lowest BCUT2D eigenvalue weighted by atomic mass is 10.0. The highest BCUT2D eigenvalue weighted by Gasteiger charge is 1.99. The number of rotatable bonds is 8. The summed E-state index contributed by atoms with van der Waals surface area (Å²) >= 11 is 0. The van der Waals surface area contributed by atoms with E-state index in [0.29, 0.717) is 5.92 Å². The minimum atomic E-state index is 0.595. The second-order valence-corrected chi connectivity index (χ2v) is 5.56. The lowest BCUT2D eigenvalue weighted by Gasteiger charge is -2.10. The molecule has 1 N–H and O–H groups in total. The molecule has 0 aromatic heterocycles. The van der Waals surface area contributed by atoms with Gasteiger partial charge in [-0.2, -0.15) is 0 Å². The molecule has 0 saturated heterocycles. The minimum Gasteiger partial charge on any atom is -0.316 e. The second-order valence-electron chi connectivity index (χ2n) is 5.56. The Kier molecular flexibility index (Phi) is 7.20. The first-order valence-electron chi connectivity index (χ1n) is 7.24. The summed E-state index contributed by atoms with van der Waals surface area (Å²) in [7, 11) is 0. The van der Waals surface area contributed by atoms with Crippen molar-refractivity contribution in [3.63, 3.8) is 0 Å². The van der Waals surface area contributed by atoms with Gasteiger partial charge in [-0.25, -0.2) is 0 Å². The molecule has 0 heterocycles. The average Bonchev–Trinajstić information content (AvgIpc) is 2.41. The SMILES string of the molecule is C=Cc1ccccc1/C=C\C(C)CCNCC(C)C. The molecule has 1 nitrogen and oxygen atoms in total. The molecule has 0 spiro atoms. The molecule has 1 unspecified atom stereocenters. The van der Waals surface area contributed by atoms with E-state index in [1.54, 1.807) is 0 Å². The van der Waals surface area contributed by atoms with Crippen LogP contribution < -0.4 is 5.32 Å². The van der Waals surface area contributed by atoms with Gasteiger partial charge in [0.2, 0.25) is 0 Å². The monoisotopic (exact) mass is 257 g/mol. The van der Waals surface area contributed by atoms with Crippen molar-refractivity contribution in [3.05, 3.63) is 48.0 Å². The largest absolute Gasteiger partial charge is 0.316 e. The van der Waals surface area contributed by atoms with E-state index in [2.05, 4.69) is 63.0 Å². The fourth-order valence-corrected chi connectivity index (χ4v) is 1.93. The van der Waals surface area contributed by atoms with Crippen molar-refractivity contribution in [2.24, 2.45) is 11.8 Å². The number of allylic oxidation sites excluding steroid dienone is 1. The normalized spacial score (nSPS) is 13.1. The summed E-state index contributed by atoms with van der Waals surface area (Å²) in [5, 5.41) is 3.49. The van der Waals surface area contributed by atoms with Gasteiger partial charge in [0, 0.05) is 0 Å². The Labute approximate surface area is 118 Å². The van der Waals surface area contributed by atoms with E-state index < -0.39 is 0 Å². The highest BCUT2D eigenvalue weighted by atomic mass is 14.8. The number of hydrogen-bond acceptors (Lipinski definition) is 1. The van der Waals surface area contributed by atoms with Crippen LogP contribution in [0.4, 0.5) is 0 Å². The number of nitrogens with one attached hydrogen (secondary N) is 1. The van der Waals surface area contributed by atoms with Crippen LogP contribution in [0, 0.1) is 11.8 Å². The topological polar surface area (TPSA) is 12.0 Å². The van der Waals surface area contributed by atoms with Crippen molar-refractivity contribution < 1.29 is 0 Å². The predicted molar refractivity (Wildman–Crippen MR) is 87.1 cm³/mol. The molecule has 1 aromatic carbocycles. The molecule has 0 radical (unpaired) electrons. The van der Waals surface area contributed by atoms with E-state index in [1.165, 1.54) is 17.5 Å². The Bertz CT molecular complexity index is 404. The molecule has 104 valence electrons. The average molecular weight is 257 g/mol. The maximum absolute atomic E-state index is 3.85. The fourth-order valence-electron chi connectivity index (χ4n) is 1.93. The predicted octanol–water partition coefficient (Wildman–Crippen LogP) is 4.61. The zero-order valence-electron chi connectivity index (χ0n) is 12.5. The smallest absolute Gasteiger partial charge is 0.00258 e. The van der Waals surface area contributed by atoms with E-state index >= 15 is 0 Å². The lowest BCUT2D eigenvalue weighted by Crippen LogP contribution is -2.21. The van der Waals surface area contributed by atoms with Crippen LogP contribution >= 0.6 is 0 Å². The third-order valence-corrected chi connectivity index (χ3v) is 3.15. The zero-order chi connectivity index (χ0) is 14.1. The van der Waals surface area contributed by atoms with Crippen LogP contribution in [0.25, 0.3) is 12.2 Å². The molecule has 1 heteroatoms. The van der Waals surface area contributed by atoms with Gasteiger partial charge in [-0.3, -0.25) is 0 Å². The van der Waals surface area contributed by atoms with Gasteiger partial charge in [0.25, 0.3) is 0 Å². The van der Waals surface area contributed by atoms with Crippen LogP contribution in [0.3, 0.4) is 0 Å². The van der Waals surface area contributed by atoms with Gasteiger partial charge < -0.3 is 5.32 Å². The van der Waals surface area contributed by atoms with Crippen LogP contribution in [-0.4, -0.2) is 13.1 Å². The summed E-state index contributed by atoms with van der Waals surface area (Å²) < 4.78 is 0. The molecule has 19 heavy (non-hydrogen) atoms. The fraction of sp³-hybridized carbons (Fsp3) is 0.444. The molecular formula is C18H27N. The molecule has 0 amide bonds. The maximum atomic E-state index is 3.85. The Morgan fingerprint density at radius 2 is 1.84 bits per heavy atom. The lowest BCUT2D eigenvalue weighted by molar-refractivity contribution is 0.517. The van der Waals surface area contributed by atoms with Gasteiger partial charge in [-0.05, 0) is 42.5 Å². The molecule has 0 aliphatic heterocycles. The molecule has 1 aromatic rings. The van der Waals surface area contributed by atoms with Crippen LogP contribution in [-0.2, 0) is 0 Å². The quantitative estimate of drug-likeness (QED) is 0.670. The summed E-state index contributed by atoms with van der Waals surface area (Å²) in [6.07, 6.45) is 7.59. The molecule has 0 aliphatic carbocycles. The van der Waals surface area contributed by atoms with Crippen LogP contribution in [0.1, 0.15) is 38.3 Å². The molecule has 1 rings (SSSR count). The highest BCUT2D eigenvalue weighted by molar-refractivity contribution is 5.64. The summed E-state index contributed by atoms with van der Waals surface area (Å²) in [6.45, 7) is 12.8. The Hall–Kier alpha value is -1.34. The van der Waals surface area contributed by atoms with Crippen LogP contribution in [0.2, 0.25) is 0 Å². The molecular weight excluding hydrogens is 230 g/mol. The van der Waals surface area contributed by atoms with Crippen molar-refractivity contribution in [1.29, 1.82) is 0 Å². The Morgan fingerprint density at radius 3 is 2.47 bits per heavy atom. The van der Waals surface area contributed by atoms with Gasteiger partial charge >= 0.3 is 0 Å². The van der Waals surface area contributed by atoms with E-state index in [4.69, 9.17) is 0 Å². The van der Waals surface area contributed by atoms with Crippen molar-refractivity contribution in [1.82, 2.24) is 5.32 Å². The van der Waals surface area contributed by atoms with Gasteiger partial charge in [0.15, 0.2) is 0 Å². The first-order chi connectivity index (χ1) is 9.13. The Balaban J connectivity index is 2.40. The minimum absolute atomic E-state index is 0.595. The first-order valence-corrected chi connectivity index (χ1v) is 7.24.